The molecule has 6 rings (SSSR count). The third kappa shape index (κ3) is 3.71. The van der Waals surface area contributed by atoms with E-state index in [1.165, 1.54) is 12.1 Å². The van der Waals surface area contributed by atoms with Gasteiger partial charge in [0.25, 0.3) is 5.69 Å². The summed E-state index contributed by atoms with van der Waals surface area (Å²) in [6.07, 6.45) is 6.23. The van der Waals surface area contributed by atoms with Gasteiger partial charge in [-0.05, 0) is 41.5 Å². The predicted molar refractivity (Wildman–Crippen MR) is 143 cm³/mol. The van der Waals surface area contributed by atoms with Gasteiger partial charge in [0.1, 0.15) is 11.8 Å². The summed E-state index contributed by atoms with van der Waals surface area (Å²) >= 11 is 0. The number of ether oxygens (including phenoxy) is 2. The highest BCUT2D eigenvalue weighted by Crippen LogP contribution is 2.48. The van der Waals surface area contributed by atoms with Crippen LogP contribution in [0.15, 0.2) is 102 Å². The van der Waals surface area contributed by atoms with Crippen molar-refractivity contribution in [3.05, 3.63) is 118 Å². The van der Waals surface area contributed by atoms with Gasteiger partial charge in [0, 0.05) is 24.8 Å². The first-order valence-corrected chi connectivity index (χ1v) is 11.4. The Labute approximate surface area is 220 Å². The fourth-order valence-electron chi connectivity index (χ4n) is 4.93. The lowest BCUT2D eigenvalue weighted by molar-refractivity contribution is -0.384. The maximum Gasteiger partial charge on any atom is 0.269 e. The van der Waals surface area contributed by atoms with Gasteiger partial charge in [-0.15, -0.1) is 17.5 Å². The smallest absolute Gasteiger partial charge is 0.269 e. The Morgan fingerprint density at radius 1 is 0.973 bits per heavy atom. The third-order valence-corrected chi connectivity index (χ3v) is 6.66. The molecule has 10 heteroatoms. The van der Waals surface area contributed by atoms with E-state index in [0.29, 0.717) is 5.84 Å². The molecule has 2 heterocycles. The van der Waals surface area contributed by atoms with Crippen LogP contribution in [-0.4, -0.2) is 46.9 Å². The lowest BCUT2D eigenvalue weighted by atomic mass is 9.89. The van der Waals surface area contributed by atoms with E-state index in [0.717, 1.165) is 28.1 Å². The number of nitrogens with zero attached hydrogens (tertiary/aromatic N) is 5. The SMILES string of the molecule is COc1cccc(C2=CC3(OC)C(C=C2)N2N=C(c4ccccc4)N3N2c2ccc([N+](=O)[O-])cc2)c1.Cl. The average molecular weight is 518 g/mol. The van der Waals surface area contributed by atoms with Crippen LogP contribution < -0.4 is 9.85 Å². The van der Waals surface area contributed by atoms with Gasteiger partial charge in [-0.3, -0.25) is 10.1 Å². The Kier molecular flexibility index (Phi) is 6.10. The normalized spacial score (nSPS) is 21.2. The summed E-state index contributed by atoms with van der Waals surface area (Å²) < 4.78 is 11.7. The molecule has 37 heavy (non-hydrogen) atoms. The van der Waals surface area contributed by atoms with E-state index in [-0.39, 0.29) is 24.1 Å². The summed E-state index contributed by atoms with van der Waals surface area (Å²) in [7, 11) is 3.33. The van der Waals surface area contributed by atoms with E-state index < -0.39 is 10.6 Å². The van der Waals surface area contributed by atoms with Crippen LogP contribution in [0.2, 0.25) is 0 Å². The van der Waals surface area contributed by atoms with E-state index in [1.54, 1.807) is 26.4 Å². The standard InChI is InChI=1S/C27H23N5O4.ClH/c1-35-24-10-6-9-20(17-24)21-11-16-25-27(18-21,36-2)29-26(19-7-4-3-5-8-19)28-30(25)31(29)22-12-14-23(15-13-22)32(33)34;/h3-18,25H,1-2H3;1H. The fourth-order valence-corrected chi connectivity index (χ4v) is 4.93. The topological polar surface area (TPSA) is 83.7 Å². The molecule has 3 aromatic rings. The first-order chi connectivity index (χ1) is 17.6. The molecule has 1 fully saturated rings. The number of methoxy groups -OCH3 is 2. The lowest BCUT2D eigenvalue weighted by Gasteiger charge is -2.40. The van der Waals surface area contributed by atoms with Crippen molar-refractivity contribution in [1.82, 2.24) is 10.1 Å². The minimum atomic E-state index is -0.915. The number of anilines is 1. The zero-order valence-electron chi connectivity index (χ0n) is 20.1. The molecule has 2 aliphatic heterocycles. The summed E-state index contributed by atoms with van der Waals surface area (Å²) in [6, 6.07) is 23.9. The molecule has 9 nitrogen and oxygen atoms in total. The van der Waals surface area contributed by atoms with Gasteiger partial charge in [-0.1, -0.05) is 54.6 Å². The number of nitro benzene ring substituents is 1. The van der Waals surface area contributed by atoms with Gasteiger partial charge < -0.3 is 9.47 Å². The van der Waals surface area contributed by atoms with Crippen molar-refractivity contribution >= 4 is 35.2 Å². The Hall–Kier alpha value is -4.34. The van der Waals surface area contributed by atoms with Gasteiger partial charge in [0.05, 0.1) is 17.7 Å². The van der Waals surface area contributed by atoms with Gasteiger partial charge in [0.2, 0.25) is 5.72 Å². The number of nitro groups is 1. The van der Waals surface area contributed by atoms with E-state index >= 15 is 0 Å². The van der Waals surface area contributed by atoms with Crippen molar-refractivity contribution in [3.8, 4) is 5.75 Å². The number of non-ortho nitro benzene ring substituents is 1. The van der Waals surface area contributed by atoms with Crippen molar-refractivity contribution in [2.45, 2.75) is 11.8 Å². The molecular formula is C27H24ClN5O4. The molecule has 0 saturated carbocycles. The highest BCUT2D eigenvalue weighted by Gasteiger charge is 2.62. The molecule has 3 aliphatic rings. The maximum absolute atomic E-state index is 11.2. The predicted octanol–water partition coefficient (Wildman–Crippen LogP) is 5.02. The molecule has 2 unspecified atom stereocenters. The average Bonchev–Trinajstić information content (AvgIpc) is 3.46. The Morgan fingerprint density at radius 3 is 2.38 bits per heavy atom. The number of halogens is 1. The summed E-state index contributed by atoms with van der Waals surface area (Å²) in [6.45, 7) is 0. The molecular weight excluding hydrogens is 494 g/mol. The molecule has 0 aromatic heterocycles. The molecule has 3 aromatic carbocycles. The van der Waals surface area contributed by atoms with E-state index in [9.17, 15) is 10.1 Å². The van der Waals surface area contributed by atoms with Crippen LogP contribution in [0.3, 0.4) is 0 Å². The summed E-state index contributed by atoms with van der Waals surface area (Å²) in [5.41, 5.74) is 2.75. The number of hydrogen-bond acceptors (Lipinski definition) is 8. The van der Waals surface area contributed by atoms with Gasteiger partial charge in [0.15, 0.2) is 5.84 Å². The van der Waals surface area contributed by atoms with Crippen molar-refractivity contribution in [2.75, 3.05) is 19.3 Å². The van der Waals surface area contributed by atoms with Crippen molar-refractivity contribution in [1.29, 1.82) is 0 Å². The Bertz CT molecular complexity index is 1430. The van der Waals surface area contributed by atoms with Crippen molar-refractivity contribution in [2.24, 2.45) is 5.10 Å². The third-order valence-electron chi connectivity index (χ3n) is 6.66. The van der Waals surface area contributed by atoms with Gasteiger partial charge >= 0.3 is 0 Å². The number of benzene rings is 3. The number of rotatable bonds is 6. The summed E-state index contributed by atoms with van der Waals surface area (Å²) in [5.74, 6) is 1.48. The number of allylic oxidation sites excluding steroid dienone is 2. The second-order valence-electron chi connectivity index (χ2n) is 8.58. The fraction of sp³-hybridized carbons (Fsp3) is 0.148. The van der Waals surface area contributed by atoms with Crippen LogP contribution in [0.1, 0.15) is 11.1 Å². The van der Waals surface area contributed by atoms with Crippen molar-refractivity contribution in [3.63, 3.8) is 0 Å². The number of hydrazine groups is 2. The molecule has 0 amide bonds. The minimum Gasteiger partial charge on any atom is -0.497 e. The first kappa shape index (κ1) is 24.4. The molecule has 2 atom stereocenters. The largest absolute Gasteiger partial charge is 0.497 e. The molecule has 0 N–H and O–H groups in total. The van der Waals surface area contributed by atoms with E-state index in [1.807, 2.05) is 69.8 Å². The highest BCUT2D eigenvalue weighted by molar-refractivity contribution is 6.02. The lowest BCUT2D eigenvalue weighted by Crippen LogP contribution is -2.57. The van der Waals surface area contributed by atoms with Gasteiger partial charge in [-0.25, -0.2) is 5.01 Å². The zero-order chi connectivity index (χ0) is 24.9. The number of amidine groups is 1. The van der Waals surface area contributed by atoms with Crippen molar-refractivity contribution < 1.29 is 14.4 Å². The van der Waals surface area contributed by atoms with Crippen LogP contribution in [-0.2, 0) is 4.74 Å². The zero-order valence-corrected chi connectivity index (χ0v) is 20.9. The molecule has 188 valence electrons. The summed E-state index contributed by atoms with van der Waals surface area (Å²) in [4.78, 5) is 10.8. The molecule has 0 radical (unpaired) electrons. The van der Waals surface area contributed by atoms with Crippen LogP contribution in [0.25, 0.3) is 5.57 Å². The molecule has 0 spiro atoms. The van der Waals surface area contributed by atoms with Crippen LogP contribution in [0, 0.1) is 10.1 Å². The Morgan fingerprint density at radius 2 is 1.70 bits per heavy atom. The van der Waals surface area contributed by atoms with Crippen LogP contribution in [0.5, 0.6) is 5.75 Å². The Balaban J connectivity index is 0.00000280. The number of hydrogen-bond donors (Lipinski definition) is 0. The second-order valence-corrected chi connectivity index (χ2v) is 8.58. The van der Waals surface area contributed by atoms with E-state index in [4.69, 9.17) is 14.6 Å². The number of fused-ring (bicyclic) bond motifs is 5. The monoisotopic (exact) mass is 517 g/mol. The molecule has 2 bridgehead atoms. The minimum absolute atomic E-state index is 0. The number of hydrazone groups is 1. The second kappa shape index (κ2) is 9.27. The first-order valence-electron chi connectivity index (χ1n) is 11.4. The molecule has 1 saturated heterocycles. The highest BCUT2D eigenvalue weighted by atomic mass is 35.5. The van der Waals surface area contributed by atoms with Gasteiger partial charge in [-0.2, -0.15) is 10.2 Å². The quantitative estimate of drug-likeness (QED) is 0.335. The molecule has 1 aliphatic carbocycles. The maximum atomic E-state index is 11.2. The summed E-state index contributed by atoms with van der Waals surface area (Å²) in [5, 5.41) is 22.0. The van der Waals surface area contributed by atoms with Crippen LogP contribution in [0.4, 0.5) is 11.4 Å². The van der Waals surface area contributed by atoms with Crippen LogP contribution >= 0.6 is 12.4 Å². The van der Waals surface area contributed by atoms with E-state index in [2.05, 4.69) is 18.2 Å².